The number of fused-ring (bicyclic) bond motifs is 1. The van der Waals surface area contributed by atoms with E-state index in [0.29, 0.717) is 16.1 Å². The van der Waals surface area contributed by atoms with E-state index in [1.165, 1.54) is 23.9 Å². The molecular formula is C20H20FN3O2S. The number of thioether (sulfide) groups is 1. The van der Waals surface area contributed by atoms with E-state index in [1.54, 1.807) is 34.9 Å². The second-order valence-corrected chi connectivity index (χ2v) is 7.10. The topological polar surface area (TPSA) is 64.0 Å². The highest BCUT2D eigenvalue weighted by atomic mass is 32.2. The van der Waals surface area contributed by atoms with Gasteiger partial charge in [-0.3, -0.25) is 14.2 Å². The van der Waals surface area contributed by atoms with E-state index in [1.807, 2.05) is 19.9 Å². The van der Waals surface area contributed by atoms with Crippen LogP contribution in [0.4, 0.5) is 10.1 Å². The van der Waals surface area contributed by atoms with Crippen LogP contribution in [0, 0.1) is 5.82 Å². The van der Waals surface area contributed by atoms with Crippen molar-refractivity contribution in [2.24, 2.45) is 0 Å². The summed E-state index contributed by atoms with van der Waals surface area (Å²) in [5.74, 6) is -0.824. The summed E-state index contributed by atoms with van der Waals surface area (Å²) in [6.07, 6.45) is 0.759. The SMILES string of the molecule is CC[C@@H](C)n1c(SCC(=O)Nc2ccccc2F)nc2ccccc2c1=O. The summed E-state index contributed by atoms with van der Waals surface area (Å²) >= 11 is 1.17. The standard InChI is InChI=1S/C20H20FN3O2S/c1-3-13(2)24-19(26)14-8-4-6-10-16(14)23-20(24)27-12-18(25)22-17-11-7-5-9-15(17)21/h4-11,13H,3,12H2,1-2H3,(H,22,25)/t13-/m1/s1. The lowest BCUT2D eigenvalue weighted by Crippen LogP contribution is -2.26. The van der Waals surface area contributed by atoms with E-state index in [2.05, 4.69) is 10.3 Å². The zero-order valence-electron chi connectivity index (χ0n) is 15.1. The fourth-order valence-electron chi connectivity index (χ4n) is 2.68. The maximum Gasteiger partial charge on any atom is 0.262 e. The Morgan fingerprint density at radius 1 is 1.22 bits per heavy atom. The molecule has 5 nitrogen and oxygen atoms in total. The normalized spacial score (nSPS) is 12.1. The van der Waals surface area contributed by atoms with Crippen LogP contribution in [0.15, 0.2) is 58.5 Å². The summed E-state index contributed by atoms with van der Waals surface area (Å²) in [6, 6.07) is 13.1. The van der Waals surface area contributed by atoms with Gasteiger partial charge < -0.3 is 5.32 Å². The minimum absolute atomic E-state index is 0.0234. The summed E-state index contributed by atoms with van der Waals surface area (Å²) in [4.78, 5) is 29.7. The number of para-hydroxylation sites is 2. The van der Waals surface area contributed by atoms with Crippen LogP contribution in [0.1, 0.15) is 26.3 Å². The van der Waals surface area contributed by atoms with Crippen LogP contribution in [0.25, 0.3) is 10.9 Å². The Morgan fingerprint density at radius 3 is 2.67 bits per heavy atom. The minimum Gasteiger partial charge on any atom is -0.323 e. The van der Waals surface area contributed by atoms with Gasteiger partial charge in [-0.05, 0) is 37.6 Å². The molecule has 27 heavy (non-hydrogen) atoms. The highest BCUT2D eigenvalue weighted by molar-refractivity contribution is 7.99. The number of carbonyl (C=O) groups is 1. The second kappa shape index (κ2) is 8.35. The number of hydrogen-bond acceptors (Lipinski definition) is 4. The van der Waals surface area contributed by atoms with Gasteiger partial charge >= 0.3 is 0 Å². The van der Waals surface area contributed by atoms with Gasteiger partial charge in [0.2, 0.25) is 5.91 Å². The third-order valence-electron chi connectivity index (χ3n) is 4.29. The van der Waals surface area contributed by atoms with E-state index in [4.69, 9.17) is 0 Å². The van der Waals surface area contributed by atoms with Crippen molar-refractivity contribution in [3.63, 3.8) is 0 Å². The Balaban J connectivity index is 1.86. The van der Waals surface area contributed by atoms with Crippen LogP contribution in [-0.2, 0) is 4.79 Å². The molecule has 0 fully saturated rings. The molecule has 2 aromatic carbocycles. The molecule has 0 saturated heterocycles. The monoisotopic (exact) mass is 385 g/mol. The first kappa shape index (κ1) is 19.1. The number of carbonyl (C=O) groups excluding carboxylic acids is 1. The van der Waals surface area contributed by atoms with Crippen LogP contribution in [0.3, 0.4) is 0 Å². The number of nitrogens with one attached hydrogen (secondary N) is 1. The van der Waals surface area contributed by atoms with Crippen molar-refractivity contribution in [3.8, 4) is 0 Å². The number of benzene rings is 2. The summed E-state index contributed by atoms with van der Waals surface area (Å²) in [5, 5.41) is 3.58. The number of aromatic nitrogens is 2. The Hall–Kier alpha value is -2.67. The van der Waals surface area contributed by atoms with Crippen LogP contribution in [0.2, 0.25) is 0 Å². The van der Waals surface area contributed by atoms with Gasteiger partial charge in [0.15, 0.2) is 5.16 Å². The van der Waals surface area contributed by atoms with Crippen LogP contribution >= 0.6 is 11.8 Å². The van der Waals surface area contributed by atoms with Gasteiger partial charge in [0.25, 0.3) is 5.56 Å². The predicted octanol–water partition coefficient (Wildman–Crippen LogP) is 4.24. The van der Waals surface area contributed by atoms with E-state index < -0.39 is 5.82 Å². The van der Waals surface area contributed by atoms with Crippen molar-refractivity contribution in [2.45, 2.75) is 31.5 Å². The Bertz CT molecular complexity index is 1040. The number of rotatable bonds is 6. The van der Waals surface area contributed by atoms with Gasteiger partial charge in [-0.2, -0.15) is 0 Å². The molecule has 0 aliphatic carbocycles. The smallest absolute Gasteiger partial charge is 0.262 e. The number of nitrogens with zero attached hydrogens (tertiary/aromatic N) is 2. The van der Waals surface area contributed by atoms with E-state index in [-0.39, 0.29) is 28.9 Å². The summed E-state index contributed by atoms with van der Waals surface area (Å²) in [7, 11) is 0. The van der Waals surface area contributed by atoms with Gasteiger partial charge in [0, 0.05) is 6.04 Å². The molecule has 0 unspecified atom stereocenters. The molecule has 140 valence electrons. The fourth-order valence-corrected chi connectivity index (χ4v) is 3.57. The highest BCUT2D eigenvalue weighted by Crippen LogP contribution is 2.23. The Morgan fingerprint density at radius 2 is 1.93 bits per heavy atom. The van der Waals surface area contributed by atoms with Gasteiger partial charge in [0.05, 0.1) is 22.3 Å². The first-order valence-electron chi connectivity index (χ1n) is 8.69. The van der Waals surface area contributed by atoms with Crippen molar-refractivity contribution < 1.29 is 9.18 Å². The second-order valence-electron chi connectivity index (χ2n) is 6.16. The van der Waals surface area contributed by atoms with Crippen LogP contribution in [0.5, 0.6) is 0 Å². The maximum absolute atomic E-state index is 13.7. The zero-order valence-corrected chi connectivity index (χ0v) is 15.9. The molecule has 0 aliphatic rings. The lowest BCUT2D eigenvalue weighted by atomic mass is 10.2. The highest BCUT2D eigenvalue weighted by Gasteiger charge is 2.17. The average Bonchev–Trinajstić information content (AvgIpc) is 2.68. The lowest BCUT2D eigenvalue weighted by molar-refractivity contribution is -0.113. The summed E-state index contributed by atoms with van der Waals surface area (Å²) in [6.45, 7) is 3.94. The molecular weight excluding hydrogens is 365 g/mol. The van der Waals surface area contributed by atoms with Gasteiger partial charge in [-0.15, -0.1) is 0 Å². The summed E-state index contributed by atoms with van der Waals surface area (Å²) in [5.41, 5.74) is 0.611. The van der Waals surface area contributed by atoms with Crippen molar-refractivity contribution >= 4 is 34.3 Å². The van der Waals surface area contributed by atoms with Crippen molar-refractivity contribution in [1.82, 2.24) is 9.55 Å². The predicted molar refractivity (Wildman–Crippen MR) is 107 cm³/mol. The summed E-state index contributed by atoms with van der Waals surface area (Å²) < 4.78 is 15.3. The number of hydrogen-bond donors (Lipinski definition) is 1. The third kappa shape index (κ3) is 4.19. The number of anilines is 1. The molecule has 1 atom stereocenters. The fraction of sp³-hybridized carbons (Fsp3) is 0.250. The maximum atomic E-state index is 13.7. The van der Waals surface area contributed by atoms with Crippen LogP contribution in [-0.4, -0.2) is 21.2 Å². The molecule has 3 rings (SSSR count). The number of amides is 1. The van der Waals surface area contributed by atoms with Crippen molar-refractivity contribution in [2.75, 3.05) is 11.1 Å². The number of halogens is 1. The molecule has 0 spiro atoms. The quantitative estimate of drug-likeness (QED) is 0.509. The first-order chi connectivity index (χ1) is 13.0. The average molecular weight is 385 g/mol. The lowest BCUT2D eigenvalue weighted by Gasteiger charge is -2.18. The Kier molecular flexibility index (Phi) is 5.91. The molecule has 0 bridgehead atoms. The van der Waals surface area contributed by atoms with E-state index in [0.717, 1.165) is 6.42 Å². The molecule has 1 aromatic heterocycles. The zero-order chi connectivity index (χ0) is 19.4. The molecule has 1 heterocycles. The molecule has 1 N–H and O–H groups in total. The molecule has 1 amide bonds. The van der Waals surface area contributed by atoms with Crippen molar-refractivity contribution in [3.05, 3.63) is 64.7 Å². The third-order valence-corrected chi connectivity index (χ3v) is 5.24. The minimum atomic E-state index is -0.490. The van der Waals surface area contributed by atoms with Gasteiger partial charge in [-0.25, -0.2) is 9.37 Å². The van der Waals surface area contributed by atoms with Crippen molar-refractivity contribution in [1.29, 1.82) is 0 Å². The first-order valence-corrected chi connectivity index (χ1v) is 9.68. The van der Waals surface area contributed by atoms with E-state index in [9.17, 15) is 14.0 Å². The van der Waals surface area contributed by atoms with E-state index >= 15 is 0 Å². The molecule has 0 radical (unpaired) electrons. The van der Waals surface area contributed by atoms with Crippen LogP contribution < -0.4 is 10.9 Å². The van der Waals surface area contributed by atoms with Gasteiger partial charge in [-0.1, -0.05) is 43.0 Å². The Labute approximate surface area is 160 Å². The molecule has 3 aromatic rings. The van der Waals surface area contributed by atoms with Gasteiger partial charge in [0.1, 0.15) is 5.82 Å². The molecule has 0 saturated carbocycles. The molecule has 0 aliphatic heterocycles. The largest absolute Gasteiger partial charge is 0.323 e. The molecule has 7 heteroatoms.